The Morgan fingerprint density at radius 2 is 1.78 bits per heavy atom. The molecule has 2 aromatic carbocycles. The second-order valence-corrected chi connectivity index (χ2v) is 7.98. The van der Waals surface area contributed by atoms with Crippen LogP contribution in [0.1, 0.15) is 44.9 Å². The predicted molar refractivity (Wildman–Crippen MR) is 118 cm³/mol. The Bertz CT molecular complexity index is 1360. The maximum Gasteiger partial charge on any atom is 0.416 e. The van der Waals surface area contributed by atoms with Crippen LogP contribution in [0, 0.1) is 11.3 Å². The highest BCUT2D eigenvalue weighted by Gasteiger charge is 2.43. The van der Waals surface area contributed by atoms with Gasteiger partial charge in [-0.3, -0.25) is 9.59 Å². The molecule has 0 saturated heterocycles. The van der Waals surface area contributed by atoms with Gasteiger partial charge in [-0.05, 0) is 42.8 Å². The topological polar surface area (TPSA) is 86.9 Å². The highest BCUT2D eigenvalue weighted by atomic mass is 35.5. The van der Waals surface area contributed by atoms with Crippen molar-refractivity contribution in [2.24, 2.45) is 0 Å². The molecule has 0 bridgehead atoms. The molecule has 13 heteroatoms. The average molecular weight is 531 g/mol. The van der Waals surface area contributed by atoms with E-state index in [2.05, 4.69) is 5.32 Å². The van der Waals surface area contributed by atoms with Gasteiger partial charge >= 0.3 is 12.4 Å². The number of rotatable bonds is 6. The Hall–Kier alpha value is -3.72. The van der Waals surface area contributed by atoms with Crippen molar-refractivity contribution in [3.63, 3.8) is 0 Å². The summed E-state index contributed by atoms with van der Waals surface area (Å²) in [5.74, 6) is -1.86. The van der Waals surface area contributed by atoms with Crippen molar-refractivity contribution in [3.8, 4) is 6.07 Å². The first-order valence-electron chi connectivity index (χ1n) is 10.3. The van der Waals surface area contributed by atoms with E-state index in [1.807, 2.05) is 0 Å². The zero-order valence-corrected chi connectivity index (χ0v) is 19.1. The third kappa shape index (κ3) is 5.57. The van der Waals surface area contributed by atoms with E-state index >= 15 is 0 Å². The molecule has 0 aliphatic heterocycles. The molecule has 0 spiro atoms. The smallest absolute Gasteiger partial charge is 0.339 e. The van der Waals surface area contributed by atoms with E-state index in [-0.39, 0.29) is 29.4 Å². The monoisotopic (exact) mass is 530 g/mol. The van der Waals surface area contributed by atoms with Crippen molar-refractivity contribution >= 4 is 34.3 Å². The molecule has 1 aromatic heterocycles. The molecular weight excluding hydrogens is 514 g/mol. The Labute approximate surface area is 205 Å². The normalized spacial score (nSPS) is 12.8. The van der Waals surface area contributed by atoms with Crippen molar-refractivity contribution < 1.29 is 35.9 Å². The van der Waals surface area contributed by atoms with E-state index in [0.29, 0.717) is 23.0 Å². The summed E-state index contributed by atoms with van der Waals surface area (Å²) in [5.41, 5.74) is -1.98. The Balaban J connectivity index is 2.03. The summed E-state index contributed by atoms with van der Waals surface area (Å²) in [6, 6.07) is 5.56. The van der Waals surface area contributed by atoms with Crippen molar-refractivity contribution in [3.05, 3.63) is 69.9 Å². The lowest BCUT2D eigenvalue weighted by molar-refractivity contribution is -0.156. The number of fused-ring (bicyclic) bond motifs is 1. The van der Waals surface area contributed by atoms with Gasteiger partial charge in [-0.1, -0.05) is 23.7 Å². The molecule has 2 amide bonds. The fourth-order valence-corrected chi connectivity index (χ4v) is 3.90. The van der Waals surface area contributed by atoms with Gasteiger partial charge in [-0.2, -0.15) is 31.6 Å². The summed E-state index contributed by atoms with van der Waals surface area (Å²) >= 11 is 6.17. The summed E-state index contributed by atoms with van der Waals surface area (Å²) in [6.07, 6.45) is -9.97. The average Bonchev–Trinajstić information content (AvgIpc) is 3.16. The van der Waals surface area contributed by atoms with Crippen molar-refractivity contribution in [2.75, 3.05) is 6.54 Å². The lowest BCUT2D eigenvalue weighted by atomic mass is 10.0. The number of aromatic nitrogens is 1. The number of halogens is 7. The minimum Gasteiger partial charge on any atom is -0.339 e. The van der Waals surface area contributed by atoms with Crippen LogP contribution < -0.4 is 10.6 Å². The van der Waals surface area contributed by atoms with Gasteiger partial charge in [0.05, 0.1) is 27.7 Å². The first-order valence-corrected chi connectivity index (χ1v) is 10.7. The number of carbonyl (C=O) groups excluding carboxylic acids is 2. The highest BCUT2D eigenvalue weighted by Crippen LogP contribution is 2.37. The quantitative estimate of drug-likeness (QED) is 0.320. The van der Waals surface area contributed by atoms with Gasteiger partial charge in [-0.25, -0.2) is 0 Å². The maximum atomic E-state index is 13.8. The first kappa shape index (κ1) is 26.9. The summed E-state index contributed by atoms with van der Waals surface area (Å²) in [6.45, 7) is 1.46. The molecule has 0 radical (unpaired) electrons. The van der Waals surface area contributed by atoms with Crippen LogP contribution in [-0.2, 0) is 12.7 Å². The molecule has 0 saturated carbocycles. The summed E-state index contributed by atoms with van der Waals surface area (Å²) in [4.78, 5) is 25.2. The van der Waals surface area contributed by atoms with Crippen LogP contribution >= 0.6 is 11.6 Å². The zero-order chi connectivity index (χ0) is 26.8. The molecule has 1 unspecified atom stereocenters. The van der Waals surface area contributed by atoms with E-state index in [1.54, 1.807) is 18.3 Å². The standard InChI is InChI=1S/C23H17ClF6N4O2/c1-2-34-17-11-16(24)15(20(35)32-7-6-31)9-13(17)10-18(34)21(36)33-19(23(28,29)30)12-4-3-5-14(8-12)22(25,26)27/h3-5,8-11,19H,2,7H2,1H3,(H,32,35)(H,33,36). The van der Waals surface area contributed by atoms with Crippen LogP contribution in [0.15, 0.2) is 42.5 Å². The number of amides is 2. The molecule has 36 heavy (non-hydrogen) atoms. The van der Waals surface area contributed by atoms with Crippen molar-refractivity contribution in [1.82, 2.24) is 15.2 Å². The predicted octanol–water partition coefficient (Wildman–Crippen LogP) is 5.62. The molecule has 3 aromatic rings. The van der Waals surface area contributed by atoms with Gasteiger partial charge in [0.1, 0.15) is 12.2 Å². The number of aryl methyl sites for hydroxylation is 1. The van der Waals surface area contributed by atoms with E-state index < -0.39 is 41.3 Å². The molecule has 1 heterocycles. The second-order valence-electron chi connectivity index (χ2n) is 7.58. The van der Waals surface area contributed by atoms with Crippen molar-refractivity contribution in [2.45, 2.75) is 31.9 Å². The number of nitrogens with zero attached hydrogens (tertiary/aromatic N) is 2. The van der Waals surface area contributed by atoms with E-state index in [4.69, 9.17) is 16.9 Å². The minimum absolute atomic E-state index is 0.0169. The third-order valence-electron chi connectivity index (χ3n) is 5.26. The van der Waals surface area contributed by atoms with Crippen LogP contribution in [0.25, 0.3) is 10.9 Å². The molecule has 6 nitrogen and oxygen atoms in total. The lowest BCUT2D eigenvalue weighted by Crippen LogP contribution is -2.39. The third-order valence-corrected chi connectivity index (χ3v) is 5.57. The summed E-state index contributed by atoms with van der Waals surface area (Å²) in [5, 5.41) is 13.0. The summed E-state index contributed by atoms with van der Waals surface area (Å²) in [7, 11) is 0. The number of nitrogens with one attached hydrogen (secondary N) is 2. The van der Waals surface area contributed by atoms with Crippen LogP contribution in [-0.4, -0.2) is 29.1 Å². The van der Waals surface area contributed by atoms with Gasteiger partial charge in [0.2, 0.25) is 0 Å². The lowest BCUT2D eigenvalue weighted by Gasteiger charge is -2.23. The van der Waals surface area contributed by atoms with Crippen LogP contribution in [0.3, 0.4) is 0 Å². The number of alkyl halides is 6. The van der Waals surface area contributed by atoms with Gasteiger partial charge in [0.25, 0.3) is 11.8 Å². The van der Waals surface area contributed by atoms with Crippen molar-refractivity contribution in [1.29, 1.82) is 5.26 Å². The molecule has 1 atom stereocenters. The van der Waals surface area contributed by atoms with Gasteiger partial charge in [-0.15, -0.1) is 0 Å². The van der Waals surface area contributed by atoms with E-state index in [9.17, 15) is 35.9 Å². The van der Waals surface area contributed by atoms with E-state index in [0.717, 1.165) is 12.1 Å². The first-order chi connectivity index (χ1) is 16.8. The molecule has 3 rings (SSSR count). The summed E-state index contributed by atoms with van der Waals surface area (Å²) < 4.78 is 81.9. The number of benzene rings is 2. The van der Waals surface area contributed by atoms with E-state index in [1.165, 1.54) is 22.8 Å². The largest absolute Gasteiger partial charge is 0.416 e. The van der Waals surface area contributed by atoms with Gasteiger partial charge < -0.3 is 15.2 Å². The molecule has 0 aliphatic carbocycles. The Morgan fingerprint density at radius 3 is 2.36 bits per heavy atom. The molecule has 0 fully saturated rings. The molecule has 190 valence electrons. The van der Waals surface area contributed by atoms with Crippen LogP contribution in [0.4, 0.5) is 26.3 Å². The number of hydrogen-bond donors (Lipinski definition) is 2. The van der Waals surface area contributed by atoms with Crippen LogP contribution in [0.5, 0.6) is 0 Å². The van der Waals surface area contributed by atoms with Gasteiger partial charge in [0.15, 0.2) is 6.04 Å². The fraction of sp³-hybridized carbons (Fsp3) is 0.261. The fourth-order valence-electron chi connectivity index (χ4n) is 3.66. The van der Waals surface area contributed by atoms with Crippen LogP contribution in [0.2, 0.25) is 5.02 Å². The molecule has 2 N–H and O–H groups in total. The zero-order valence-electron chi connectivity index (χ0n) is 18.4. The minimum atomic E-state index is -5.10. The number of carbonyl (C=O) groups is 2. The Kier molecular flexibility index (Phi) is 7.54. The number of hydrogen-bond acceptors (Lipinski definition) is 3. The van der Waals surface area contributed by atoms with Gasteiger partial charge in [0, 0.05) is 11.9 Å². The second kappa shape index (κ2) is 10.1. The number of nitriles is 1. The Morgan fingerprint density at radius 1 is 1.08 bits per heavy atom. The molecular formula is C23H17ClF6N4O2. The SMILES string of the molecule is CCn1c(C(=O)NC(c2cccc(C(F)(F)F)c2)C(F)(F)F)cc2cc(C(=O)NCC#N)c(Cl)cc21. The maximum absolute atomic E-state index is 13.8. The highest BCUT2D eigenvalue weighted by molar-refractivity contribution is 6.34. The molecule has 0 aliphatic rings.